The zero-order valence-electron chi connectivity index (χ0n) is 16.0. The first-order valence-electron chi connectivity index (χ1n) is 8.72. The monoisotopic (exact) mass is 374 g/mol. The van der Waals surface area contributed by atoms with E-state index in [9.17, 15) is 13.6 Å². The largest absolute Gasteiger partial charge is 0.457 e. The first-order valence-corrected chi connectivity index (χ1v) is 8.72. The molecule has 144 valence electrons. The molecule has 2 aromatic carbocycles. The lowest BCUT2D eigenvalue weighted by molar-refractivity contribution is 0.0471. The van der Waals surface area contributed by atoms with Gasteiger partial charge in [-0.15, -0.1) is 0 Å². The van der Waals surface area contributed by atoms with Crippen LogP contribution in [0.4, 0.5) is 14.5 Å². The van der Waals surface area contributed by atoms with E-state index in [1.165, 1.54) is 18.2 Å². The Morgan fingerprint density at radius 3 is 2.63 bits per heavy atom. The number of ether oxygens (including phenoxy) is 1. The molecule has 0 aliphatic heterocycles. The third kappa shape index (κ3) is 5.36. The quantitative estimate of drug-likeness (QED) is 0.380. The molecule has 2 rings (SSSR count). The van der Waals surface area contributed by atoms with Gasteiger partial charge < -0.3 is 9.64 Å². The normalized spacial score (nSPS) is 11.2. The van der Waals surface area contributed by atoms with Gasteiger partial charge in [-0.05, 0) is 55.7 Å². The number of hydrogen-bond acceptors (Lipinski definition) is 3. The maximum absolute atomic E-state index is 12.8. The van der Waals surface area contributed by atoms with Gasteiger partial charge in [0, 0.05) is 19.2 Å². The Morgan fingerprint density at radius 1 is 1.22 bits per heavy atom. The van der Waals surface area contributed by atoms with Crippen molar-refractivity contribution in [3.05, 3.63) is 64.2 Å². The average Bonchev–Trinajstić information content (AvgIpc) is 2.67. The highest BCUT2D eigenvalue weighted by atomic mass is 19.3. The second-order valence-electron chi connectivity index (χ2n) is 6.32. The van der Waals surface area contributed by atoms with E-state index in [-0.39, 0.29) is 12.2 Å². The Morgan fingerprint density at radius 2 is 1.96 bits per heavy atom. The van der Waals surface area contributed by atoms with Crippen molar-refractivity contribution in [2.24, 2.45) is 4.99 Å². The van der Waals surface area contributed by atoms with Crippen molar-refractivity contribution >= 4 is 18.0 Å². The van der Waals surface area contributed by atoms with Crippen LogP contribution in [0.5, 0.6) is 0 Å². The first-order chi connectivity index (χ1) is 12.8. The summed E-state index contributed by atoms with van der Waals surface area (Å²) in [5, 5.41) is 0. The van der Waals surface area contributed by atoms with E-state index in [4.69, 9.17) is 4.74 Å². The van der Waals surface area contributed by atoms with Crippen LogP contribution in [-0.4, -0.2) is 30.8 Å². The molecule has 2 aromatic rings. The molecule has 0 N–H and O–H groups in total. The van der Waals surface area contributed by atoms with E-state index >= 15 is 0 Å². The lowest BCUT2D eigenvalue weighted by Crippen LogP contribution is -2.14. The molecule has 0 aromatic heterocycles. The molecule has 27 heavy (non-hydrogen) atoms. The highest BCUT2D eigenvalue weighted by Crippen LogP contribution is 2.25. The van der Waals surface area contributed by atoms with Crippen LogP contribution in [-0.2, 0) is 11.3 Å². The topological polar surface area (TPSA) is 41.9 Å². The van der Waals surface area contributed by atoms with Gasteiger partial charge in [-0.2, -0.15) is 0 Å². The van der Waals surface area contributed by atoms with Crippen LogP contribution in [0.15, 0.2) is 41.4 Å². The third-order valence-corrected chi connectivity index (χ3v) is 4.44. The van der Waals surface area contributed by atoms with E-state index in [2.05, 4.69) is 4.99 Å². The maximum Gasteiger partial charge on any atom is 0.338 e. The number of carbonyl (C=O) groups is 1. The van der Waals surface area contributed by atoms with E-state index in [1.807, 2.05) is 32.7 Å². The molecule has 0 aliphatic carbocycles. The summed E-state index contributed by atoms with van der Waals surface area (Å²) in [7, 11) is 1.93. The van der Waals surface area contributed by atoms with Gasteiger partial charge in [0.2, 0.25) is 0 Å². The Bertz CT molecular complexity index is 835. The molecule has 0 spiro atoms. The lowest BCUT2D eigenvalue weighted by Gasteiger charge is -2.13. The summed E-state index contributed by atoms with van der Waals surface area (Å²) in [6.07, 6.45) is -0.805. The molecule has 0 unspecified atom stereocenters. The number of esters is 1. The molecule has 6 heteroatoms. The molecular weight excluding hydrogens is 350 g/mol. The number of alkyl halides is 2. The van der Waals surface area contributed by atoms with Crippen molar-refractivity contribution in [2.75, 3.05) is 13.6 Å². The van der Waals surface area contributed by atoms with Gasteiger partial charge in [-0.3, -0.25) is 0 Å². The second-order valence-corrected chi connectivity index (χ2v) is 6.32. The van der Waals surface area contributed by atoms with Gasteiger partial charge in [0.1, 0.15) is 6.61 Å². The molecule has 0 amide bonds. The van der Waals surface area contributed by atoms with Gasteiger partial charge in [-0.25, -0.2) is 18.6 Å². The third-order valence-electron chi connectivity index (χ3n) is 4.44. The number of rotatable bonds is 7. The summed E-state index contributed by atoms with van der Waals surface area (Å²) >= 11 is 0. The van der Waals surface area contributed by atoms with Crippen LogP contribution >= 0.6 is 0 Å². The smallest absolute Gasteiger partial charge is 0.338 e. The van der Waals surface area contributed by atoms with Crippen LogP contribution in [0.3, 0.4) is 0 Å². The van der Waals surface area contributed by atoms with Gasteiger partial charge in [0.25, 0.3) is 6.43 Å². The molecular formula is C21H24F2N2O2. The minimum atomic E-state index is -2.55. The number of nitrogens with zero attached hydrogens (tertiary/aromatic N) is 2. The summed E-state index contributed by atoms with van der Waals surface area (Å²) in [6.45, 7) is 6.56. The zero-order chi connectivity index (χ0) is 20.0. The Labute approximate surface area is 158 Å². The summed E-state index contributed by atoms with van der Waals surface area (Å²) in [4.78, 5) is 18.8. The highest BCUT2D eigenvalue weighted by molar-refractivity contribution is 5.92. The summed E-state index contributed by atoms with van der Waals surface area (Å²) in [5.74, 6) is -0.487. The van der Waals surface area contributed by atoms with Gasteiger partial charge in [-0.1, -0.05) is 18.2 Å². The van der Waals surface area contributed by atoms with E-state index in [0.717, 1.165) is 23.4 Å². The predicted octanol–water partition coefficient (Wildman–Crippen LogP) is 5.21. The van der Waals surface area contributed by atoms with Crippen LogP contribution in [0.1, 0.15) is 46.0 Å². The fourth-order valence-electron chi connectivity index (χ4n) is 2.46. The molecule has 4 nitrogen and oxygen atoms in total. The molecule has 0 saturated carbocycles. The Balaban J connectivity index is 2.11. The lowest BCUT2D eigenvalue weighted by atomic mass is 10.0. The predicted molar refractivity (Wildman–Crippen MR) is 103 cm³/mol. The SMILES string of the molecule is CCN(C)/C=N/c1ccc(C(=O)OCc2cccc(C(F)F)c2)c(C)c1C. The molecule has 0 radical (unpaired) electrons. The van der Waals surface area contributed by atoms with Gasteiger partial charge in [0.05, 0.1) is 17.6 Å². The van der Waals surface area contributed by atoms with E-state index in [1.54, 1.807) is 24.5 Å². The molecule has 0 aliphatic rings. The fraction of sp³-hybridized carbons (Fsp3) is 0.333. The number of aliphatic imine (C=N–C) groups is 1. The van der Waals surface area contributed by atoms with Crippen molar-refractivity contribution in [1.82, 2.24) is 4.90 Å². The fourth-order valence-corrected chi connectivity index (χ4v) is 2.46. The first kappa shape index (κ1) is 20.6. The van der Waals surface area contributed by atoms with Crippen LogP contribution in [0, 0.1) is 13.8 Å². The van der Waals surface area contributed by atoms with Crippen molar-refractivity contribution in [3.8, 4) is 0 Å². The average molecular weight is 374 g/mol. The molecule has 0 bridgehead atoms. The second kappa shape index (κ2) is 9.26. The minimum Gasteiger partial charge on any atom is -0.457 e. The minimum absolute atomic E-state index is 0.0565. The number of carbonyl (C=O) groups excluding carboxylic acids is 1. The van der Waals surface area contributed by atoms with Gasteiger partial charge in [0.15, 0.2) is 0 Å². The van der Waals surface area contributed by atoms with Crippen LogP contribution in [0.2, 0.25) is 0 Å². The van der Waals surface area contributed by atoms with Crippen LogP contribution in [0.25, 0.3) is 0 Å². The maximum atomic E-state index is 12.8. The molecule has 0 fully saturated rings. The van der Waals surface area contributed by atoms with Crippen LogP contribution < -0.4 is 0 Å². The summed E-state index contributed by atoms with van der Waals surface area (Å²) < 4.78 is 30.8. The number of benzene rings is 2. The van der Waals surface area contributed by atoms with Gasteiger partial charge >= 0.3 is 5.97 Å². The summed E-state index contributed by atoms with van der Waals surface area (Å²) in [6, 6.07) is 9.32. The van der Waals surface area contributed by atoms with Crippen molar-refractivity contribution in [2.45, 2.75) is 33.8 Å². The number of halogens is 2. The van der Waals surface area contributed by atoms with Crippen molar-refractivity contribution in [1.29, 1.82) is 0 Å². The van der Waals surface area contributed by atoms with Crippen molar-refractivity contribution < 1.29 is 18.3 Å². The molecule has 0 atom stereocenters. The number of hydrogen-bond donors (Lipinski definition) is 0. The highest BCUT2D eigenvalue weighted by Gasteiger charge is 2.15. The standard InChI is InChI=1S/C21H24F2N2O2/c1-5-25(4)13-24-19-10-9-18(14(2)15(19)3)21(26)27-12-16-7-6-8-17(11-16)20(22)23/h6-11,13,20H,5,12H2,1-4H3/b24-13+. The Hall–Kier alpha value is -2.76. The molecule has 0 heterocycles. The zero-order valence-corrected chi connectivity index (χ0v) is 16.0. The summed E-state index contributed by atoms with van der Waals surface area (Å²) in [5.41, 5.74) is 3.35. The van der Waals surface area contributed by atoms with E-state index in [0.29, 0.717) is 11.1 Å². The molecule has 0 saturated heterocycles. The Kier molecular flexibility index (Phi) is 7.05. The van der Waals surface area contributed by atoms with E-state index < -0.39 is 12.4 Å². The van der Waals surface area contributed by atoms with Crippen molar-refractivity contribution in [3.63, 3.8) is 0 Å².